The Bertz CT molecular complexity index is 560. The number of carbonyl (C=O) groups is 1. The molecule has 0 aliphatic carbocycles. The van der Waals surface area contributed by atoms with Crippen LogP contribution in [0.4, 0.5) is 4.39 Å². The number of fused-ring (bicyclic) bond motifs is 1. The predicted molar refractivity (Wildman–Crippen MR) is 58.4 cm³/mol. The van der Waals surface area contributed by atoms with E-state index in [2.05, 4.69) is 0 Å². The van der Waals surface area contributed by atoms with E-state index in [4.69, 9.17) is 9.15 Å². The number of esters is 1. The maximum absolute atomic E-state index is 13.2. The second-order valence-electron chi connectivity index (χ2n) is 3.89. The van der Waals surface area contributed by atoms with Crippen LogP contribution in [0.15, 0.2) is 41.0 Å². The summed E-state index contributed by atoms with van der Waals surface area (Å²) in [5.74, 6) is 0.322. The van der Waals surface area contributed by atoms with Crippen molar-refractivity contribution in [2.24, 2.45) is 0 Å². The van der Waals surface area contributed by atoms with Gasteiger partial charge in [-0.2, -0.15) is 0 Å². The number of rotatable bonds is 1. The fraction of sp³-hybridized carbons (Fsp3) is 0.154. The molecule has 1 atom stereocenters. The second-order valence-corrected chi connectivity index (χ2v) is 3.89. The lowest BCUT2D eigenvalue weighted by Gasteiger charge is -2.18. The minimum Gasteiger partial charge on any atom is -0.464 e. The Kier molecular flexibility index (Phi) is 2.21. The van der Waals surface area contributed by atoms with Gasteiger partial charge in [0, 0.05) is 12.0 Å². The van der Waals surface area contributed by atoms with Gasteiger partial charge >= 0.3 is 5.97 Å². The molecule has 86 valence electrons. The van der Waals surface area contributed by atoms with Gasteiger partial charge in [0.1, 0.15) is 11.5 Å². The number of benzene rings is 1. The van der Waals surface area contributed by atoms with Crippen LogP contribution in [-0.2, 0) is 11.2 Å². The molecule has 0 saturated heterocycles. The summed E-state index contributed by atoms with van der Waals surface area (Å²) in [6.07, 6.45) is 0.0597. The van der Waals surface area contributed by atoms with Crippen molar-refractivity contribution < 1.29 is 18.3 Å². The lowest BCUT2D eigenvalue weighted by molar-refractivity contribution is -0.141. The van der Waals surface area contributed by atoms with Crippen LogP contribution in [0.25, 0.3) is 11.3 Å². The molecule has 1 aromatic heterocycles. The van der Waals surface area contributed by atoms with Gasteiger partial charge in [0.15, 0.2) is 0 Å². The highest BCUT2D eigenvalue weighted by atomic mass is 19.1. The van der Waals surface area contributed by atoms with E-state index in [0.717, 1.165) is 5.56 Å². The van der Waals surface area contributed by atoms with Crippen LogP contribution in [0.5, 0.6) is 5.75 Å². The number of hydrogen-bond donors (Lipinski definition) is 0. The lowest BCUT2D eigenvalue weighted by atomic mass is 10.0. The molecule has 0 unspecified atom stereocenters. The van der Waals surface area contributed by atoms with Crippen molar-refractivity contribution in [1.29, 1.82) is 0 Å². The first-order valence-corrected chi connectivity index (χ1v) is 5.26. The van der Waals surface area contributed by atoms with Crippen molar-refractivity contribution in [3.63, 3.8) is 0 Å². The quantitative estimate of drug-likeness (QED) is 0.560. The first-order chi connectivity index (χ1) is 8.24. The van der Waals surface area contributed by atoms with E-state index in [1.165, 1.54) is 0 Å². The summed E-state index contributed by atoms with van der Waals surface area (Å²) in [4.78, 5) is 11.1. The Morgan fingerprint density at radius 2 is 2.18 bits per heavy atom. The number of alkyl halides is 1. The standard InChI is InChI=1S/C13H9FO3/c14-10-7-9-6-8(11-2-1-5-16-11)3-4-12(9)17-13(10)15/h1-6,10H,7H2/t10-/m0/s1. The molecule has 2 heterocycles. The van der Waals surface area contributed by atoms with Crippen LogP contribution >= 0.6 is 0 Å². The van der Waals surface area contributed by atoms with Crippen molar-refractivity contribution in [3.8, 4) is 17.1 Å². The summed E-state index contributed by atoms with van der Waals surface area (Å²) in [5, 5.41) is 0. The molecule has 2 aromatic rings. The molecule has 3 rings (SSSR count). The highest BCUT2D eigenvalue weighted by Gasteiger charge is 2.28. The summed E-state index contributed by atoms with van der Waals surface area (Å²) in [5.41, 5.74) is 1.53. The minimum atomic E-state index is -1.57. The SMILES string of the molecule is O=C1Oc2ccc(-c3ccco3)cc2C[C@@H]1F. The summed E-state index contributed by atoms with van der Waals surface area (Å²) in [7, 11) is 0. The molecule has 0 radical (unpaired) electrons. The van der Waals surface area contributed by atoms with Gasteiger partial charge < -0.3 is 9.15 Å². The van der Waals surface area contributed by atoms with Crippen molar-refractivity contribution >= 4 is 5.97 Å². The minimum absolute atomic E-state index is 0.0582. The van der Waals surface area contributed by atoms with Crippen LogP contribution in [0.3, 0.4) is 0 Å². The van der Waals surface area contributed by atoms with Gasteiger partial charge in [-0.25, -0.2) is 9.18 Å². The molecule has 0 bridgehead atoms. The topological polar surface area (TPSA) is 39.4 Å². The molecule has 4 heteroatoms. The van der Waals surface area contributed by atoms with E-state index < -0.39 is 12.1 Å². The zero-order valence-corrected chi connectivity index (χ0v) is 8.85. The van der Waals surface area contributed by atoms with E-state index in [1.807, 2.05) is 6.07 Å². The van der Waals surface area contributed by atoms with Gasteiger partial charge in [-0.1, -0.05) is 0 Å². The maximum atomic E-state index is 13.2. The Hall–Kier alpha value is -2.10. The molecule has 1 aliphatic rings. The van der Waals surface area contributed by atoms with Gasteiger partial charge in [-0.05, 0) is 35.9 Å². The molecule has 0 saturated carbocycles. The second kappa shape index (κ2) is 3.73. The normalized spacial score (nSPS) is 18.6. The first-order valence-electron chi connectivity index (χ1n) is 5.26. The Labute approximate surface area is 96.8 Å². The first kappa shape index (κ1) is 10.1. The van der Waals surface area contributed by atoms with Gasteiger partial charge in [-0.15, -0.1) is 0 Å². The number of ether oxygens (including phenoxy) is 1. The molecule has 0 spiro atoms. The molecular formula is C13H9FO3. The van der Waals surface area contributed by atoms with E-state index >= 15 is 0 Å². The van der Waals surface area contributed by atoms with Crippen LogP contribution in [-0.4, -0.2) is 12.1 Å². The highest BCUT2D eigenvalue weighted by molar-refractivity contribution is 5.80. The highest BCUT2D eigenvalue weighted by Crippen LogP contribution is 2.31. The van der Waals surface area contributed by atoms with Crippen LogP contribution in [0.1, 0.15) is 5.56 Å². The van der Waals surface area contributed by atoms with Gasteiger partial charge in [-0.3, -0.25) is 0 Å². The van der Waals surface area contributed by atoms with Crippen molar-refractivity contribution in [2.45, 2.75) is 12.6 Å². The summed E-state index contributed by atoms with van der Waals surface area (Å²) in [6, 6.07) is 8.84. The van der Waals surface area contributed by atoms with Crippen LogP contribution < -0.4 is 4.74 Å². The zero-order valence-electron chi connectivity index (χ0n) is 8.85. The smallest absolute Gasteiger partial charge is 0.346 e. The summed E-state index contributed by atoms with van der Waals surface area (Å²) < 4.78 is 23.4. The van der Waals surface area contributed by atoms with Gasteiger partial charge in [0.2, 0.25) is 6.17 Å². The largest absolute Gasteiger partial charge is 0.464 e. The Balaban J connectivity index is 2.02. The molecule has 17 heavy (non-hydrogen) atoms. The number of halogens is 1. The van der Waals surface area contributed by atoms with Crippen LogP contribution in [0, 0.1) is 0 Å². The number of furan rings is 1. The maximum Gasteiger partial charge on any atom is 0.346 e. The molecule has 1 aliphatic heterocycles. The van der Waals surface area contributed by atoms with Crippen molar-refractivity contribution in [2.75, 3.05) is 0 Å². The fourth-order valence-electron chi connectivity index (χ4n) is 1.88. The third kappa shape index (κ3) is 1.71. The van der Waals surface area contributed by atoms with Crippen molar-refractivity contribution in [1.82, 2.24) is 0 Å². The Morgan fingerprint density at radius 1 is 1.29 bits per heavy atom. The van der Waals surface area contributed by atoms with Gasteiger partial charge in [0.25, 0.3) is 0 Å². The number of hydrogen-bond acceptors (Lipinski definition) is 3. The third-order valence-electron chi connectivity index (χ3n) is 2.73. The van der Waals surface area contributed by atoms with E-state index in [0.29, 0.717) is 17.1 Å². The predicted octanol–water partition coefficient (Wildman–Crippen LogP) is 2.75. The average molecular weight is 232 g/mol. The molecule has 1 aromatic carbocycles. The molecule has 0 fully saturated rings. The van der Waals surface area contributed by atoms with Crippen molar-refractivity contribution in [3.05, 3.63) is 42.2 Å². The fourth-order valence-corrected chi connectivity index (χ4v) is 1.88. The monoisotopic (exact) mass is 232 g/mol. The molecule has 3 nitrogen and oxygen atoms in total. The summed E-state index contributed by atoms with van der Waals surface area (Å²) in [6.45, 7) is 0. The molecular weight excluding hydrogens is 223 g/mol. The molecule has 0 amide bonds. The Morgan fingerprint density at radius 3 is 2.94 bits per heavy atom. The lowest BCUT2D eigenvalue weighted by Crippen LogP contribution is -2.28. The average Bonchev–Trinajstić information content (AvgIpc) is 2.83. The van der Waals surface area contributed by atoms with E-state index in [9.17, 15) is 9.18 Å². The third-order valence-corrected chi connectivity index (χ3v) is 2.73. The van der Waals surface area contributed by atoms with Gasteiger partial charge in [0.05, 0.1) is 6.26 Å². The zero-order chi connectivity index (χ0) is 11.8. The van der Waals surface area contributed by atoms with Crippen LogP contribution in [0.2, 0.25) is 0 Å². The number of carbonyl (C=O) groups excluding carboxylic acids is 1. The van der Waals surface area contributed by atoms with E-state index in [1.54, 1.807) is 30.5 Å². The van der Waals surface area contributed by atoms with E-state index in [-0.39, 0.29) is 6.42 Å². The molecule has 0 N–H and O–H groups in total. The summed E-state index contributed by atoms with van der Waals surface area (Å²) >= 11 is 0.